The number of hydrogen-bond acceptors (Lipinski definition) is 4. The first kappa shape index (κ1) is 20.6. The molecule has 0 saturated carbocycles. The molecule has 4 heterocycles. The third kappa shape index (κ3) is 3.87. The fourth-order valence-corrected chi connectivity index (χ4v) is 5.48. The monoisotopic (exact) mass is 442 g/mol. The van der Waals surface area contributed by atoms with Crippen molar-refractivity contribution in [2.75, 3.05) is 19.7 Å². The zero-order valence-corrected chi connectivity index (χ0v) is 18.9. The van der Waals surface area contributed by atoms with Crippen molar-refractivity contribution in [3.05, 3.63) is 65.1 Å². The number of para-hydroxylation sites is 3. The Kier molecular flexibility index (Phi) is 5.48. The Morgan fingerprint density at radius 1 is 1.00 bits per heavy atom. The van der Waals surface area contributed by atoms with Gasteiger partial charge in [-0.3, -0.25) is 4.79 Å². The van der Waals surface area contributed by atoms with E-state index in [0.717, 1.165) is 86.0 Å². The first-order chi connectivity index (χ1) is 16.3. The van der Waals surface area contributed by atoms with Crippen LogP contribution in [-0.4, -0.2) is 39.9 Å². The summed E-state index contributed by atoms with van der Waals surface area (Å²) in [5.41, 5.74) is 4.36. The van der Waals surface area contributed by atoms with Gasteiger partial charge in [0.2, 0.25) is 0 Å². The molecule has 2 aromatic carbocycles. The normalized spacial score (nSPS) is 21.2. The molecular formula is C27H30N4O2. The van der Waals surface area contributed by atoms with Gasteiger partial charge in [0, 0.05) is 42.4 Å². The molecule has 1 N–H and O–H groups in total. The fraction of sp³-hybridized carbons (Fsp3) is 0.407. The Balaban J connectivity index is 1.50. The van der Waals surface area contributed by atoms with E-state index >= 15 is 0 Å². The van der Waals surface area contributed by atoms with Crippen molar-refractivity contribution in [3.63, 3.8) is 0 Å². The van der Waals surface area contributed by atoms with Crippen LogP contribution < -0.4 is 10.9 Å². The molecule has 6 nitrogen and oxygen atoms in total. The zero-order chi connectivity index (χ0) is 22.2. The highest BCUT2D eigenvalue weighted by Crippen LogP contribution is 2.30. The summed E-state index contributed by atoms with van der Waals surface area (Å²) in [6, 6.07) is 16.3. The summed E-state index contributed by atoms with van der Waals surface area (Å²) >= 11 is 0. The predicted molar refractivity (Wildman–Crippen MR) is 132 cm³/mol. The minimum atomic E-state index is -0.000655. The van der Waals surface area contributed by atoms with E-state index in [1.807, 2.05) is 34.9 Å². The van der Waals surface area contributed by atoms with Gasteiger partial charge in [0.25, 0.3) is 5.56 Å². The Morgan fingerprint density at radius 2 is 1.85 bits per heavy atom. The average molecular weight is 443 g/mol. The summed E-state index contributed by atoms with van der Waals surface area (Å²) in [7, 11) is 0. The third-order valence-corrected chi connectivity index (χ3v) is 7.16. The van der Waals surface area contributed by atoms with E-state index in [1.54, 1.807) is 0 Å². The Bertz CT molecular complexity index is 1340. The Hall–Kier alpha value is -2.96. The van der Waals surface area contributed by atoms with Gasteiger partial charge in [0.15, 0.2) is 0 Å². The second-order valence-electron chi connectivity index (χ2n) is 9.42. The molecule has 2 unspecified atom stereocenters. The van der Waals surface area contributed by atoms with E-state index in [-0.39, 0.29) is 11.7 Å². The molecule has 2 fully saturated rings. The van der Waals surface area contributed by atoms with Gasteiger partial charge in [-0.1, -0.05) is 30.3 Å². The summed E-state index contributed by atoms with van der Waals surface area (Å²) in [5, 5.41) is 4.56. The second-order valence-corrected chi connectivity index (χ2v) is 9.42. The maximum Gasteiger partial charge on any atom is 0.277 e. The number of rotatable bonds is 5. The summed E-state index contributed by atoms with van der Waals surface area (Å²) in [6.07, 6.45) is 6.84. The largest absolute Gasteiger partial charge is 0.376 e. The molecule has 0 spiro atoms. The summed E-state index contributed by atoms with van der Waals surface area (Å²) in [4.78, 5) is 18.8. The standard InChI is InChI=1S/C27H30N4O2/c32-27-26(22-18-30(17-20-8-6-14-33-20)24-11-3-1-9-21(22)24)29-23-10-2-4-12-25(23)31(27)16-19-7-5-13-28-15-19/h1-4,9-12,18-20,28H,5-8,13-17H2. The first-order valence-electron chi connectivity index (χ1n) is 12.2. The molecule has 0 bridgehead atoms. The van der Waals surface area contributed by atoms with Crippen LogP contribution in [0.1, 0.15) is 25.7 Å². The number of ether oxygens (including phenoxy) is 1. The maximum absolute atomic E-state index is 13.9. The van der Waals surface area contributed by atoms with Gasteiger partial charge in [0.05, 0.1) is 17.1 Å². The lowest BCUT2D eigenvalue weighted by atomic mass is 9.99. The van der Waals surface area contributed by atoms with Crippen molar-refractivity contribution in [2.45, 2.75) is 44.9 Å². The number of hydrogen-bond donors (Lipinski definition) is 1. The number of piperidine rings is 1. The molecule has 2 aliphatic rings. The van der Waals surface area contributed by atoms with Crippen LogP contribution in [0.4, 0.5) is 0 Å². The van der Waals surface area contributed by atoms with Crippen molar-refractivity contribution < 1.29 is 4.74 Å². The molecule has 6 rings (SSSR count). The number of fused-ring (bicyclic) bond motifs is 2. The lowest BCUT2D eigenvalue weighted by Gasteiger charge is -2.24. The minimum absolute atomic E-state index is 0.000655. The van der Waals surface area contributed by atoms with E-state index in [2.05, 4.69) is 34.3 Å². The summed E-state index contributed by atoms with van der Waals surface area (Å²) in [5.74, 6) is 0.455. The van der Waals surface area contributed by atoms with Crippen molar-refractivity contribution >= 4 is 21.9 Å². The first-order valence-corrected chi connectivity index (χ1v) is 12.2. The SMILES string of the molecule is O=c1c(-c2cn(CC3CCCO3)c3ccccc23)nc2ccccc2n1CC1CCCNC1. The van der Waals surface area contributed by atoms with Crippen LogP contribution in [0.15, 0.2) is 59.5 Å². The van der Waals surface area contributed by atoms with Crippen molar-refractivity contribution in [1.82, 2.24) is 19.4 Å². The van der Waals surface area contributed by atoms with Gasteiger partial charge in [-0.15, -0.1) is 0 Å². The van der Waals surface area contributed by atoms with Crippen molar-refractivity contribution in [2.24, 2.45) is 5.92 Å². The van der Waals surface area contributed by atoms with Crippen LogP contribution >= 0.6 is 0 Å². The molecule has 0 aliphatic carbocycles. The highest BCUT2D eigenvalue weighted by atomic mass is 16.5. The molecule has 33 heavy (non-hydrogen) atoms. The molecular weight excluding hydrogens is 412 g/mol. The molecule has 2 saturated heterocycles. The molecule has 0 amide bonds. The van der Waals surface area contributed by atoms with Crippen LogP contribution in [0.25, 0.3) is 33.2 Å². The zero-order valence-electron chi connectivity index (χ0n) is 18.9. The van der Waals surface area contributed by atoms with Gasteiger partial charge in [-0.05, 0) is 62.9 Å². The Labute approximate surface area is 193 Å². The molecule has 4 aromatic rings. The summed E-state index contributed by atoms with van der Waals surface area (Å²) < 4.78 is 10.1. The van der Waals surface area contributed by atoms with E-state index < -0.39 is 0 Å². The molecule has 2 aliphatic heterocycles. The molecule has 6 heteroatoms. The smallest absolute Gasteiger partial charge is 0.277 e. The molecule has 2 atom stereocenters. The van der Waals surface area contributed by atoms with Gasteiger partial charge in [-0.2, -0.15) is 0 Å². The topological polar surface area (TPSA) is 61.1 Å². The minimum Gasteiger partial charge on any atom is -0.376 e. The van der Waals surface area contributed by atoms with E-state index in [1.165, 1.54) is 0 Å². The van der Waals surface area contributed by atoms with Crippen LogP contribution in [0.5, 0.6) is 0 Å². The molecule has 170 valence electrons. The van der Waals surface area contributed by atoms with E-state index in [4.69, 9.17) is 9.72 Å². The van der Waals surface area contributed by atoms with E-state index in [9.17, 15) is 4.79 Å². The van der Waals surface area contributed by atoms with E-state index in [0.29, 0.717) is 11.6 Å². The summed E-state index contributed by atoms with van der Waals surface area (Å²) in [6.45, 7) is 4.38. The predicted octanol–water partition coefficient (Wildman–Crippen LogP) is 4.20. The lowest BCUT2D eigenvalue weighted by molar-refractivity contribution is 0.0980. The lowest BCUT2D eigenvalue weighted by Crippen LogP contribution is -2.35. The van der Waals surface area contributed by atoms with Crippen LogP contribution in [0.3, 0.4) is 0 Å². The van der Waals surface area contributed by atoms with Crippen LogP contribution in [0.2, 0.25) is 0 Å². The maximum atomic E-state index is 13.9. The highest BCUT2D eigenvalue weighted by Gasteiger charge is 2.22. The van der Waals surface area contributed by atoms with Crippen LogP contribution in [0, 0.1) is 5.92 Å². The Morgan fingerprint density at radius 3 is 2.67 bits per heavy atom. The number of aromatic nitrogens is 3. The highest BCUT2D eigenvalue weighted by molar-refractivity contribution is 5.96. The molecule has 0 radical (unpaired) electrons. The van der Waals surface area contributed by atoms with Gasteiger partial charge in [0.1, 0.15) is 5.69 Å². The molecule has 2 aromatic heterocycles. The average Bonchev–Trinajstić information content (AvgIpc) is 3.50. The van der Waals surface area contributed by atoms with Crippen molar-refractivity contribution in [3.8, 4) is 11.3 Å². The van der Waals surface area contributed by atoms with Gasteiger partial charge in [-0.25, -0.2) is 4.98 Å². The van der Waals surface area contributed by atoms with Gasteiger partial charge >= 0.3 is 0 Å². The van der Waals surface area contributed by atoms with Gasteiger partial charge < -0.3 is 19.2 Å². The quantitative estimate of drug-likeness (QED) is 0.503. The van der Waals surface area contributed by atoms with Crippen LogP contribution in [-0.2, 0) is 17.8 Å². The fourth-order valence-electron chi connectivity index (χ4n) is 5.48. The number of nitrogens with one attached hydrogen (secondary N) is 1. The second kappa shape index (κ2) is 8.76. The van der Waals surface area contributed by atoms with Crippen molar-refractivity contribution in [1.29, 1.82) is 0 Å². The third-order valence-electron chi connectivity index (χ3n) is 7.16. The number of nitrogens with zero attached hydrogens (tertiary/aromatic N) is 3. The number of benzene rings is 2.